The predicted octanol–water partition coefficient (Wildman–Crippen LogP) is 4.81. The fraction of sp³-hybridized carbons (Fsp3) is 0.391. The van der Waals surface area contributed by atoms with Gasteiger partial charge in [-0.15, -0.1) is 21.5 Å². The third kappa shape index (κ3) is 4.88. The summed E-state index contributed by atoms with van der Waals surface area (Å²) >= 11 is 3.19. The number of anilines is 1. The number of thioether (sulfide) groups is 1. The second kappa shape index (κ2) is 10.3. The number of amides is 1. The average Bonchev–Trinajstić information content (AvgIpc) is 3.41. The highest BCUT2D eigenvalue weighted by molar-refractivity contribution is 7.99. The molecule has 0 aliphatic heterocycles. The van der Waals surface area contributed by atoms with Gasteiger partial charge in [0, 0.05) is 28.1 Å². The molecular formula is C23H26N4O3S2. The topological polar surface area (TPSA) is 86.1 Å². The van der Waals surface area contributed by atoms with Gasteiger partial charge in [0.25, 0.3) is 0 Å². The van der Waals surface area contributed by atoms with Crippen molar-refractivity contribution in [2.75, 3.05) is 17.7 Å². The Morgan fingerprint density at radius 3 is 2.69 bits per heavy atom. The second-order valence-corrected chi connectivity index (χ2v) is 9.35. The molecule has 1 aromatic carbocycles. The summed E-state index contributed by atoms with van der Waals surface area (Å²) in [6.07, 6.45) is 4.74. The number of nitrogens with zero attached hydrogens (tertiary/aromatic N) is 3. The van der Waals surface area contributed by atoms with Crippen LogP contribution in [0.1, 0.15) is 47.5 Å². The van der Waals surface area contributed by atoms with E-state index in [1.807, 2.05) is 11.3 Å². The molecule has 1 aliphatic carbocycles. The Balaban J connectivity index is 1.39. The van der Waals surface area contributed by atoms with Crippen molar-refractivity contribution in [1.29, 1.82) is 0 Å². The van der Waals surface area contributed by atoms with E-state index in [1.54, 1.807) is 31.2 Å². The molecule has 0 bridgehead atoms. The van der Waals surface area contributed by atoms with Crippen LogP contribution in [-0.2, 0) is 28.9 Å². The summed E-state index contributed by atoms with van der Waals surface area (Å²) in [5, 5.41) is 14.6. The second-order valence-electron chi connectivity index (χ2n) is 7.44. The lowest BCUT2D eigenvalue weighted by Crippen LogP contribution is -2.15. The van der Waals surface area contributed by atoms with Crippen LogP contribution >= 0.6 is 23.1 Å². The Bertz CT molecular complexity index is 1110. The van der Waals surface area contributed by atoms with Crippen LogP contribution < -0.4 is 5.32 Å². The van der Waals surface area contributed by atoms with Crippen LogP contribution in [0.25, 0.3) is 11.4 Å². The number of aromatic nitrogens is 3. The fourth-order valence-corrected chi connectivity index (χ4v) is 5.72. The Hall–Kier alpha value is -2.65. The molecule has 1 N–H and O–H groups in total. The monoisotopic (exact) mass is 470 g/mol. The number of carbonyl (C=O) groups excluding carboxylic acids is 2. The van der Waals surface area contributed by atoms with Gasteiger partial charge >= 0.3 is 5.97 Å². The van der Waals surface area contributed by atoms with Crippen molar-refractivity contribution in [3.63, 3.8) is 0 Å². The molecule has 2 heterocycles. The van der Waals surface area contributed by atoms with Crippen molar-refractivity contribution in [2.45, 2.75) is 51.2 Å². The van der Waals surface area contributed by atoms with Crippen LogP contribution in [0.5, 0.6) is 0 Å². The Morgan fingerprint density at radius 2 is 1.94 bits per heavy atom. The number of aryl methyl sites for hydroxylation is 1. The number of ether oxygens (including phenoxy) is 1. The van der Waals surface area contributed by atoms with Crippen molar-refractivity contribution in [3.05, 3.63) is 45.6 Å². The van der Waals surface area contributed by atoms with E-state index >= 15 is 0 Å². The fourth-order valence-electron chi connectivity index (χ4n) is 3.79. The quantitative estimate of drug-likeness (QED) is 0.375. The van der Waals surface area contributed by atoms with Crippen molar-refractivity contribution in [3.8, 4) is 11.4 Å². The van der Waals surface area contributed by atoms with E-state index < -0.39 is 0 Å². The van der Waals surface area contributed by atoms with Crippen LogP contribution in [0.4, 0.5) is 5.69 Å². The molecule has 0 spiro atoms. The maximum Gasteiger partial charge on any atom is 0.338 e. The van der Waals surface area contributed by atoms with E-state index in [9.17, 15) is 9.59 Å². The number of rotatable bonds is 8. The number of benzene rings is 1. The number of hydrogen-bond acceptors (Lipinski definition) is 7. The molecule has 1 aliphatic rings. The molecule has 3 aromatic rings. The zero-order chi connectivity index (χ0) is 22.5. The average molecular weight is 471 g/mol. The molecule has 168 valence electrons. The lowest BCUT2D eigenvalue weighted by molar-refractivity contribution is -0.113. The zero-order valence-electron chi connectivity index (χ0n) is 18.2. The first-order chi connectivity index (χ1) is 15.6. The number of esters is 1. The molecule has 0 atom stereocenters. The maximum absolute atomic E-state index is 12.5. The molecule has 7 nitrogen and oxygen atoms in total. The largest absolute Gasteiger partial charge is 0.462 e. The highest BCUT2D eigenvalue weighted by Gasteiger charge is 2.22. The van der Waals surface area contributed by atoms with Crippen molar-refractivity contribution < 1.29 is 14.3 Å². The molecule has 4 rings (SSSR count). The van der Waals surface area contributed by atoms with Gasteiger partial charge < -0.3 is 14.6 Å². The molecule has 0 fully saturated rings. The summed E-state index contributed by atoms with van der Waals surface area (Å²) in [5.41, 5.74) is 3.70. The first-order valence-electron chi connectivity index (χ1n) is 10.8. The third-order valence-electron chi connectivity index (χ3n) is 5.35. The molecule has 2 aromatic heterocycles. The first-order valence-corrected chi connectivity index (χ1v) is 12.7. The van der Waals surface area contributed by atoms with Crippen LogP contribution in [0.2, 0.25) is 0 Å². The van der Waals surface area contributed by atoms with Gasteiger partial charge in [0.2, 0.25) is 5.91 Å². The van der Waals surface area contributed by atoms with E-state index in [2.05, 4.69) is 32.4 Å². The van der Waals surface area contributed by atoms with Gasteiger partial charge in [0.15, 0.2) is 11.0 Å². The molecule has 0 saturated heterocycles. The van der Waals surface area contributed by atoms with E-state index in [0.717, 1.165) is 30.4 Å². The summed E-state index contributed by atoms with van der Waals surface area (Å²) in [7, 11) is 0. The lowest BCUT2D eigenvalue weighted by Gasteiger charge is -2.13. The number of thiophene rings is 1. The summed E-state index contributed by atoms with van der Waals surface area (Å²) in [4.78, 5) is 25.7. The minimum absolute atomic E-state index is 0.140. The first kappa shape index (κ1) is 22.5. The van der Waals surface area contributed by atoms with Crippen LogP contribution in [0.3, 0.4) is 0 Å². The predicted molar refractivity (Wildman–Crippen MR) is 127 cm³/mol. The SMILES string of the molecule is CCOC(=O)c1ccc(NC(=O)CSc2nnc(-c3csc4c3CCCC4)n2CC)cc1. The highest BCUT2D eigenvalue weighted by Crippen LogP contribution is 2.36. The Kier molecular flexibility index (Phi) is 7.26. The summed E-state index contributed by atoms with van der Waals surface area (Å²) < 4.78 is 7.06. The van der Waals surface area contributed by atoms with E-state index in [-0.39, 0.29) is 17.6 Å². The normalized spacial score (nSPS) is 12.9. The standard InChI is InChI=1S/C23H26N4O3S2/c1-3-27-21(18-13-31-19-8-6-5-7-17(18)19)25-26-23(27)32-14-20(28)24-16-11-9-15(10-12-16)22(29)30-4-2/h9-13H,3-8,14H2,1-2H3,(H,24,28). The van der Waals surface area contributed by atoms with Gasteiger partial charge in [-0.1, -0.05) is 11.8 Å². The molecule has 0 saturated carbocycles. The minimum atomic E-state index is -0.373. The van der Waals surface area contributed by atoms with Crippen molar-refractivity contribution in [1.82, 2.24) is 14.8 Å². The van der Waals surface area contributed by atoms with Gasteiger partial charge in [-0.3, -0.25) is 4.79 Å². The summed E-state index contributed by atoms with van der Waals surface area (Å²) in [5.74, 6) is 0.602. The smallest absolute Gasteiger partial charge is 0.338 e. The number of hydrogen-bond donors (Lipinski definition) is 1. The molecule has 1 amide bonds. The van der Waals surface area contributed by atoms with Gasteiger partial charge in [0.1, 0.15) is 0 Å². The Morgan fingerprint density at radius 1 is 1.16 bits per heavy atom. The molecule has 9 heteroatoms. The summed E-state index contributed by atoms with van der Waals surface area (Å²) in [6, 6.07) is 6.67. The van der Waals surface area contributed by atoms with Gasteiger partial charge in [-0.25, -0.2) is 4.79 Å². The van der Waals surface area contributed by atoms with Crippen LogP contribution in [0.15, 0.2) is 34.8 Å². The third-order valence-corrected chi connectivity index (χ3v) is 7.40. The summed E-state index contributed by atoms with van der Waals surface area (Å²) in [6.45, 7) is 4.90. The van der Waals surface area contributed by atoms with Gasteiger partial charge in [-0.2, -0.15) is 0 Å². The van der Waals surface area contributed by atoms with Crippen molar-refractivity contribution >= 4 is 40.7 Å². The van der Waals surface area contributed by atoms with Crippen molar-refractivity contribution in [2.24, 2.45) is 0 Å². The zero-order valence-corrected chi connectivity index (χ0v) is 19.9. The van der Waals surface area contributed by atoms with E-state index in [4.69, 9.17) is 4.74 Å². The van der Waals surface area contributed by atoms with Gasteiger partial charge in [0.05, 0.1) is 17.9 Å². The van der Waals surface area contributed by atoms with Crippen LogP contribution in [0, 0.1) is 0 Å². The minimum Gasteiger partial charge on any atom is -0.462 e. The number of fused-ring (bicyclic) bond motifs is 1. The van der Waals surface area contributed by atoms with Crippen LogP contribution in [-0.4, -0.2) is 39.0 Å². The lowest BCUT2D eigenvalue weighted by atomic mass is 9.96. The maximum atomic E-state index is 12.5. The molecule has 0 unspecified atom stereocenters. The molecule has 32 heavy (non-hydrogen) atoms. The van der Waals surface area contributed by atoms with E-state index in [1.165, 1.54) is 40.6 Å². The highest BCUT2D eigenvalue weighted by atomic mass is 32.2. The molecule has 0 radical (unpaired) electrons. The van der Waals surface area contributed by atoms with Gasteiger partial charge in [-0.05, 0) is 69.4 Å². The molecular weight excluding hydrogens is 444 g/mol. The number of carbonyl (C=O) groups is 2. The number of nitrogens with one attached hydrogen (secondary N) is 1. The van der Waals surface area contributed by atoms with E-state index in [0.29, 0.717) is 17.9 Å². The Labute approximate surface area is 195 Å².